The lowest BCUT2D eigenvalue weighted by Crippen LogP contribution is -2.48. The van der Waals surface area contributed by atoms with Gasteiger partial charge in [-0.2, -0.15) is 0 Å². The number of halogens is 1. The third kappa shape index (κ3) is 7.04. The van der Waals surface area contributed by atoms with Crippen LogP contribution in [0.1, 0.15) is 22.8 Å². The maximum atomic E-state index is 14.8. The summed E-state index contributed by atoms with van der Waals surface area (Å²) >= 11 is 8.43. The Hall–Kier alpha value is -3.21. The van der Waals surface area contributed by atoms with Gasteiger partial charge in [0.05, 0.1) is 19.3 Å². The van der Waals surface area contributed by atoms with Crippen LogP contribution in [0.15, 0.2) is 88.8 Å². The SMILES string of the molecule is COCO[C@@H]1C=C(Cl)[C@H](N(Cc2ccc(OC)cc2)C(=O)C(Sc2ccccc2)c2ccc3c(c2)OCO3)C[C@H]1OC. The largest absolute Gasteiger partial charge is 0.497 e. The summed E-state index contributed by atoms with van der Waals surface area (Å²) in [7, 11) is 4.82. The third-order valence-electron chi connectivity index (χ3n) is 7.24. The van der Waals surface area contributed by atoms with E-state index in [1.54, 1.807) is 21.3 Å². The molecule has 1 heterocycles. The van der Waals surface area contributed by atoms with E-state index in [2.05, 4.69) is 0 Å². The molecule has 5 rings (SSSR count). The van der Waals surface area contributed by atoms with Crippen molar-refractivity contribution in [1.29, 1.82) is 0 Å². The smallest absolute Gasteiger partial charge is 0.241 e. The molecule has 1 amide bonds. The van der Waals surface area contributed by atoms with Crippen molar-refractivity contribution in [2.24, 2.45) is 0 Å². The first-order chi connectivity index (χ1) is 20.5. The van der Waals surface area contributed by atoms with Crippen molar-refractivity contribution >= 4 is 29.3 Å². The molecule has 0 fully saturated rings. The third-order valence-corrected chi connectivity index (χ3v) is 8.87. The Balaban J connectivity index is 1.54. The van der Waals surface area contributed by atoms with E-state index >= 15 is 0 Å². The van der Waals surface area contributed by atoms with Crippen molar-refractivity contribution in [3.63, 3.8) is 0 Å². The number of hydrogen-bond acceptors (Lipinski definition) is 8. The zero-order valence-electron chi connectivity index (χ0n) is 23.7. The molecule has 0 saturated carbocycles. The molecule has 0 saturated heterocycles. The molecule has 0 radical (unpaired) electrons. The molecule has 0 N–H and O–H groups in total. The molecule has 1 unspecified atom stereocenters. The molecule has 42 heavy (non-hydrogen) atoms. The fourth-order valence-corrected chi connectivity index (χ4v) is 6.48. The van der Waals surface area contributed by atoms with Gasteiger partial charge in [-0.1, -0.05) is 48.0 Å². The van der Waals surface area contributed by atoms with Crippen LogP contribution >= 0.6 is 23.4 Å². The van der Waals surface area contributed by atoms with E-state index in [0.717, 1.165) is 21.8 Å². The molecule has 3 aromatic rings. The Bertz CT molecular complexity index is 1370. The number of hydrogen-bond donors (Lipinski definition) is 0. The molecule has 8 nitrogen and oxygen atoms in total. The lowest BCUT2D eigenvalue weighted by Gasteiger charge is -2.40. The summed E-state index contributed by atoms with van der Waals surface area (Å²) < 4.78 is 33.3. The van der Waals surface area contributed by atoms with Gasteiger partial charge in [0.25, 0.3) is 0 Å². The van der Waals surface area contributed by atoms with Gasteiger partial charge >= 0.3 is 0 Å². The Labute approximate surface area is 255 Å². The van der Waals surface area contributed by atoms with E-state index < -0.39 is 17.4 Å². The molecule has 0 aromatic heterocycles. The number of nitrogens with zero attached hydrogens (tertiary/aromatic N) is 1. The fraction of sp³-hybridized carbons (Fsp3) is 0.344. The highest BCUT2D eigenvalue weighted by Gasteiger charge is 2.39. The summed E-state index contributed by atoms with van der Waals surface area (Å²) in [5.74, 6) is 1.92. The zero-order chi connectivity index (χ0) is 29.5. The van der Waals surface area contributed by atoms with Crippen LogP contribution in [-0.2, 0) is 25.5 Å². The molecule has 3 aromatic carbocycles. The maximum Gasteiger partial charge on any atom is 0.241 e. The van der Waals surface area contributed by atoms with Gasteiger partial charge in [0.15, 0.2) is 11.5 Å². The van der Waals surface area contributed by atoms with E-state index in [4.69, 9.17) is 40.0 Å². The van der Waals surface area contributed by atoms with E-state index in [-0.39, 0.29) is 25.6 Å². The average molecular weight is 612 g/mol. The highest BCUT2D eigenvalue weighted by atomic mass is 35.5. The standard InChI is InChI=1S/C32H34ClNO7S/c1-36-19-39-30-16-25(33)26(17-28(30)38-3)34(18-21-9-12-23(37-2)13-10-21)32(35)31(42-24-7-5-4-6-8-24)22-11-14-27-29(15-22)41-20-40-27/h4-16,26,28,30-31H,17-20H2,1-3H3/t26-,28-,30-,31?/m1/s1. The first-order valence-electron chi connectivity index (χ1n) is 13.6. The predicted molar refractivity (Wildman–Crippen MR) is 161 cm³/mol. The molecule has 222 valence electrons. The monoisotopic (exact) mass is 611 g/mol. The molecule has 0 bridgehead atoms. The molecule has 10 heteroatoms. The van der Waals surface area contributed by atoms with Crippen LogP contribution < -0.4 is 14.2 Å². The van der Waals surface area contributed by atoms with Crippen LogP contribution in [0.4, 0.5) is 0 Å². The molecule has 1 aliphatic heterocycles. The van der Waals surface area contributed by atoms with Gasteiger partial charge in [-0.05, 0) is 53.6 Å². The van der Waals surface area contributed by atoms with Gasteiger partial charge in [0.2, 0.25) is 12.7 Å². The Kier molecular flexibility index (Phi) is 10.3. The maximum absolute atomic E-state index is 14.8. The Morgan fingerprint density at radius 1 is 1.02 bits per heavy atom. The van der Waals surface area contributed by atoms with Crippen molar-refractivity contribution in [2.45, 2.75) is 41.4 Å². The number of fused-ring (bicyclic) bond motifs is 1. The van der Waals surface area contributed by atoms with Gasteiger partial charge in [-0.25, -0.2) is 0 Å². The number of thioether (sulfide) groups is 1. The average Bonchev–Trinajstić information content (AvgIpc) is 3.50. The van der Waals surface area contributed by atoms with Gasteiger partial charge < -0.3 is 33.3 Å². The Morgan fingerprint density at radius 2 is 1.79 bits per heavy atom. The summed E-state index contributed by atoms with van der Waals surface area (Å²) in [6.45, 7) is 0.582. The second-order valence-corrected chi connectivity index (χ2v) is 11.5. The minimum Gasteiger partial charge on any atom is -0.497 e. The van der Waals surface area contributed by atoms with Crippen molar-refractivity contribution in [3.05, 3.63) is 95.0 Å². The lowest BCUT2D eigenvalue weighted by atomic mass is 9.94. The van der Waals surface area contributed by atoms with Gasteiger partial charge in [-0.3, -0.25) is 4.79 Å². The van der Waals surface area contributed by atoms with Gasteiger partial charge in [0, 0.05) is 37.1 Å². The van der Waals surface area contributed by atoms with E-state index in [1.807, 2.05) is 83.8 Å². The van der Waals surface area contributed by atoms with Crippen LogP contribution in [-0.4, -0.2) is 64.0 Å². The normalized spacial score (nSPS) is 20.1. The fourth-order valence-electron chi connectivity index (χ4n) is 5.04. The highest BCUT2D eigenvalue weighted by Crippen LogP contribution is 2.43. The summed E-state index contributed by atoms with van der Waals surface area (Å²) in [5.41, 5.74) is 1.74. The Morgan fingerprint density at radius 3 is 2.50 bits per heavy atom. The van der Waals surface area contributed by atoms with Crippen LogP contribution in [0.25, 0.3) is 0 Å². The molecular formula is C32H34ClNO7S. The van der Waals surface area contributed by atoms with Crippen LogP contribution in [0.2, 0.25) is 0 Å². The van der Waals surface area contributed by atoms with Crippen LogP contribution in [0, 0.1) is 0 Å². The zero-order valence-corrected chi connectivity index (χ0v) is 25.3. The van der Waals surface area contributed by atoms with Crippen molar-refractivity contribution in [2.75, 3.05) is 34.9 Å². The molecule has 0 spiro atoms. The molecule has 4 atom stereocenters. The number of rotatable bonds is 12. The van der Waals surface area contributed by atoms with E-state index in [1.165, 1.54) is 11.8 Å². The van der Waals surface area contributed by atoms with E-state index in [9.17, 15) is 4.79 Å². The quantitative estimate of drug-likeness (QED) is 0.177. The lowest BCUT2D eigenvalue weighted by molar-refractivity contribution is -0.136. The summed E-state index contributed by atoms with van der Waals surface area (Å²) in [4.78, 5) is 17.6. The number of carbonyl (C=O) groups excluding carboxylic acids is 1. The van der Waals surface area contributed by atoms with Gasteiger partial charge in [0.1, 0.15) is 23.9 Å². The molecule has 2 aliphatic rings. The summed E-state index contributed by atoms with van der Waals surface area (Å²) in [6.07, 6.45) is 1.54. The minimum absolute atomic E-state index is 0.0961. The predicted octanol–water partition coefficient (Wildman–Crippen LogP) is 6.19. The van der Waals surface area contributed by atoms with Crippen molar-refractivity contribution < 1.29 is 33.2 Å². The van der Waals surface area contributed by atoms with Crippen LogP contribution in [0.5, 0.6) is 17.2 Å². The van der Waals surface area contributed by atoms with Crippen LogP contribution in [0.3, 0.4) is 0 Å². The first kappa shape index (κ1) is 30.3. The summed E-state index contributed by atoms with van der Waals surface area (Å²) in [6, 6.07) is 22.8. The molecular weight excluding hydrogens is 578 g/mol. The summed E-state index contributed by atoms with van der Waals surface area (Å²) in [5, 5.41) is -0.0755. The first-order valence-corrected chi connectivity index (χ1v) is 14.8. The number of carbonyl (C=O) groups is 1. The minimum atomic E-state index is -0.590. The number of amides is 1. The number of benzene rings is 3. The number of ether oxygens (including phenoxy) is 6. The van der Waals surface area contributed by atoms with Gasteiger partial charge in [-0.15, -0.1) is 11.8 Å². The second kappa shape index (κ2) is 14.3. The van der Waals surface area contributed by atoms with E-state index in [0.29, 0.717) is 29.5 Å². The second-order valence-electron chi connectivity index (χ2n) is 9.85. The number of methoxy groups -OCH3 is 3. The van der Waals surface area contributed by atoms with Crippen molar-refractivity contribution in [3.8, 4) is 17.2 Å². The molecule has 1 aliphatic carbocycles. The highest BCUT2D eigenvalue weighted by molar-refractivity contribution is 8.00. The topological polar surface area (TPSA) is 75.7 Å². The van der Waals surface area contributed by atoms with Crippen molar-refractivity contribution in [1.82, 2.24) is 4.90 Å².